The molecule has 1 aliphatic heterocycles. The third kappa shape index (κ3) is 5.12. The lowest BCUT2D eigenvalue weighted by molar-refractivity contribution is -0.384. The molecule has 0 unspecified atom stereocenters. The summed E-state index contributed by atoms with van der Waals surface area (Å²) in [5, 5.41) is 24.9. The van der Waals surface area contributed by atoms with Gasteiger partial charge in [-0.15, -0.1) is 0 Å². The Morgan fingerprint density at radius 2 is 1.70 bits per heavy atom. The van der Waals surface area contributed by atoms with E-state index in [4.69, 9.17) is 4.74 Å². The second kappa shape index (κ2) is 10.7. The molecule has 40 heavy (non-hydrogen) atoms. The zero-order valence-corrected chi connectivity index (χ0v) is 22.0. The first kappa shape index (κ1) is 26.2. The highest BCUT2D eigenvalue weighted by Gasteiger charge is 2.36. The van der Waals surface area contributed by atoms with Crippen LogP contribution in [0.25, 0.3) is 0 Å². The molecule has 0 fully saturated rings. The van der Waals surface area contributed by atoms with Crippen molar-refractivity contribution in [2.24, 2.45) is 0 Å². The number of hydrogen-bond donors (Lipinski definition) is 3. The van der Waals surface area contributed by atoms with Gasteiger partial charge in [-0.2, -0.15) is 5.10 Å². The molecule has 0 saturated carbocycles. The highest BCUT2D eigenvalue weighted by atomic mass is 16.6. The lowest BCUT2D eigenvalue weighted by Crippen LogP contribution is -2.32. The van der Waals surface area contributed by atoms with E-state index in [2.05, 4.69) is 21.0 Å². The molecule has 0 radical (unpaired) electrons. The predicted octanol–water partition coefficient (Wildman–Crippen LogP) is 5.29. The maximum Gasteiger partial charge on any atom is 0.269 e. The summed E-state index contributed by atoms with van der Waals surface area (Å²) in [6, 6.07) is 19.4. The van der Waals surface area contributed by atoms with Crippen molar-refractivity contribution in [2.45, 2.75) is 19.9 Å². The summed E-state index contributed by atoms with van der Waals surface area (Å²) in [5.74, 6) is 0.176. The maximum absolute atomic E-state index is 13.7. The van der Waals surface area contributed by atoms with Crippen molar-refractivity contribution in [3.63, 3.8) is 0 Å². The lowest BCUT2D eigenvalue weighted by Gasteiger charge is -2.30. The van der Waals surface area contributed by atoms with Crippen molar-refractivity contribution in [3.8, 4) is 5.75 Å². The number of carbonyl (C=O) groups is 2. The summed E-state index contributed by atoms with van der Waals surface area (Å²) in [6.07, 6.45) is 1.41. The Morgan fingerprint density at radius 3 is 2.40 bits per heavy atom. The molecule has 11 nitrogen and oxygen atoms in total. The van der Waals surface area contributed by atoms with Crippen LogP contribution in [0.5, 0.6) is 5.75 Å². The average molecular weight is 539 g/mol. The molecule has 1 atom stereocenters. The molecule has 3 aromatic carbocycles. The van der Waals surface area contributed by atoms with Crippen LogP contribution in [0.2, 0.25) is 0 Å². The zero-order valence-electron chi connectivity index (χ0n) is 22.0. The number of hydrogen-bond acceptors (Lipinski definition) is 7. The normalized spacial score (nSPS) is 14.1. The largest absolute Gasteiger partial charge is 0.497 e. The summed E-state index contributed by atoms with van der Waals surface area (Å²) < 4.78 is 6.69. The smallest absolute Gasteiger partial charge is 0.269 e. The van der Waals surface area contributed by atoms with Gasteiger partial charge in [0.1, 0.15) is 23.2 Å². The van der Waals surface area contributed by atoms with Crippen LogP contribution in [-0.4, -0.2) is 33.6 Å². The number of fused-ring (bicyclic) bond motifs is 1. The third-order valence-electron chi connectivity index (χ3n) is 6.53. The van der Waals surface area contributed by atoms with E-state index < -0.39 is 22.8 Å². The topological polar surface area (TPSA) is 140 Å². The summed E-state index contributed by atoms with van der Waals surface area (Å²) in [5.41, 5.74) is 3.50. The number of nitro benzene ring substituents is 1. The molecular formula is C29H26N6O5. The molecule has 1 aromatic heterocycles. The van der Waals surface area contributed by atoms with Gasteiger partial charge in [0.25, 0.3) is 17.5 Å². The summed E-state index contributed by atoms with van der Waals surface area (Å²) in [7, 11) is 1.55. The molecule has 4 aromatic rings. The minimum absolute atomic E-state index is 0.130. The Kier molecular flexibility index (Phi) is 7.02. The molecule has 0 saturated heterocycles. The average Bonchev–Trinajstić information content (AvgIpc) is 3.36. The van der Waals surface area contributed by atoms with Crippen molar-refractivity contribution >= 4 is 34.7 Å². The number of methoxy groups -OCH3 is 1. The first-order valence-corrected chi connectivity index (χ1v) is 12.4. The van der Waals surface area contributed by atoms with E-state index in [1.54, 1.807) is 56.5 Å². The van der Waals surface area contributed by atoms with Gasteiger partial charge < -0.3 is 20.7 Å². The van der Waals surface area contributed by atoms with Crippen molar-refractivity contribution < 1.29 is 19.2 Å². The lowest BCUT2D eigenvalue weighted by atomic mass is 9.94. The van der Waals surface area contributed by atoms with Gasteiger partial charge in [-0.3, -0.25) is 19.7 Å². The first-order valence-electron chi connectivity index (χ1n) is 12.4. The standard InChI is InChI=1S/C29H26N6O5/c1-17-6-4-8-21(14-17)33-28(36)24-16-30-34-26(19-7-5-9-22(15-19)35(38)39)25(18(2)31-27(24)34)29(37)32-20-10-12-23(40-3)13-11-20/h4-16,26,31H,1-3H3,(H,32,37)(H,33,36)/t26-/m0/s1. The number of nitrogens with zero attached hydrogens (tertiary/aromatic N) is 3. The number of aromatic nitrogens is 2. The molecule has 202 valence electrons. The number of anilines is 3. The number of nitrogens with one attached hydrogen (secondary N) is 3. The number of carbonyl (C=O) groups excluding carboxylic acids is 2. The van der Waals surface area contributed by atoms with Gasteiger partial charge >= 0.3 is 0 Å². The van der Waals surface area contributed by atoms with Crippen molar-refractivity contribution in [1.29, 1.82) is 0 Å². The molecule has 0 aliphatic carbocycles. The van der Waals surface area contributed by atoms with E-state index in [-0.39, 0.29) is 16.8 Å². The number of nitro groups is 1. The number of amides is 2. The molecule has 5 rings (SSSR count). The van der Waals surface area contributed by atoms with Crippen LogP contribution in [0.15, 0.2) is 90.3 Å². The maximum atomic E-state index is 13.7. The van der Waals surface area contributed by atoms with E-state index in [0.29, 0.717) is 34.2 Å². The number of allylic oxidation sites excluding steroid dienone is 1. The monoisotopic (exact) mass is 538 g/mol. The zero-order chi connectivity index (χ0) is 28.4. The SMILES string of the molecule is COc1ccc(NC(=O)C2=C(C)Nc3c(C(=O)Nc4cccc(C)c4)cnn3[C@H]2c2cccc([N+](=O)[O-])c2)cc1. The second-order valence-electron chi connectivity index (χ2n) is 9.28. The number of non-ortho nitro benzene ring substituents is 1. The van der Waals surface area contributed by atoms with E-state index >= 15 is 0 Å². The van der Waals surface area contributed by atoms with Crippen LogP contribution in [0.3, 0.4) is 0 Å². The first-order chi connectivity index (χ1) is 19.2. The van der Waals surface area contributed by atoms with Gasteiger partial charge in [0.2, 0.25) is 0 Å². The quantitative estimate of drug-likeness (QED) is 0.215. The number of aryl methyl sites for hydroxylation is 1. The summed E-state index contributed by atoms with van der Waals surface area (Å²) in [4.78, 5) is 38.0. The molecule has 11 heteroatoms. The Balaban J connectivity index is 1.55. The van der Waals surface area contributed by atoms with Crippen molar-refractivity contribution in [3.05, 3.63) is 117 Å². The van der Waals surface area contributed by atoms with Crippen molar-refractivity contribution in [1.82, 2.24) is 9.78 Å². The fraction of sp³-hybridized carbons (Fsp3) is 0.138. The molecule has 1 aliphatic rings. The molecule has 3 N–H and O–H groups in total. The van der Waals surface area contributed by atoms with Crippen LogP contribution in [0.1, 0.15) is 34.5 Å². The van der Waals surface area contributed by atoms with E-state index in [1.165, 1.54) is 23.0 Å². The van der Waals surface area contributed by atoms with Gasteiger partial charge in [0.15, 0.2) is 0 Å². The second-order valence-corrected chi connectivity index (χ2v) is 9.28. The Bertz CT molecular complexity index is 1660. The number of benzene rings is 3. The van der Waals surface area contributed by atoms with Crippen LogP contribution in [-0.2, 0) is 4.79 Å². The molecule has 2 heterocycles. The Labute approximate surface area is 229 Å². The van der Waals surface area contributed by atoms with Gasteiger partial charge in [0.05, 0.1) is 23.8 Å². The molecule has 0 bridgehead atoms. The van der Waals surface area contributed by atoms with E-state index in [1.807, 2.05) is 25.1 Å². The van der Waals surface area contributed by atoms with Gasteiger partial charge in [-0.1, -0.05) is 24.3 Å². The Morgan fingerprint density at radius 1 is 0.975 bits per heavy atom. The van der Waals surface area contributed by atoms with Crippen LogP contribution >= 0.6 is 0 Å². The summed E-state index contributed by atoms with van der Waals surface area (Å²) >= 11 is 0. The minimum Gasteiger partial charge on any atom is -0.497 e. The van der Waals surface area contributed by atoms with Gasteiger partial charge in [-0.05, 0) is 61.4 Å². The summed E-state index contributed by atoms with van der Waals surface area (Å²) in [6.45, 7) is 3.64. The van der Waals surface area contributed by atoms with Gasteiger partial charge in [0, 0.05) is 29.2 Å². The van der Waals surface area contributed by atoms with E-state index in [9.17, 15) is 19.7 Å². The fourth-order valence-corrected chi connectivity index (χ4v) is 4.63. The third-order valence-corrected chi connectivity index (χ3v) is 6.53. The highest BCUT2D eigenvalue weighted by Crippen LogP contribution is 2.39. The molecular weight excluding hydrogens is 512 g/mol. The van der Waals surface area contributed by atoms with Crippen molar-refractivity contribution in [2.75, 3.05) is 23.1 Å². The van der Waals surface area contributed by atoms with Gasteiger partial charge in [-0.25, -0.2) is 4.68 Å². The number of rotatable bonds is 7. The molecule has 0 spiro atoms. The fourth-order valence-electron chi connectivity index (χ4n) is 4.63. The number of ether oxygens (including phenoxy) is 1. The predicted molar refractivity (Wildman–Crippen MR) is 151 cm³/mol. The van der Waals surface area contributed by atoms with E-state index in [0.717, 1.165) is 5.56 Å². The van der Waals surface area contributed by atoms with Crippen LogP contribution in [0, 0.1) is 17.0 Å². The highest BCUT2D eigenvalue weighted by molar-refractivity contribution is 6.09. The Hall–Kier alpha value is -5.45. The van der Waals surface area contributed by atoms with Crippen LogP contribution < -0.4 is 20.7 Å². The molecule has 2 amide bonds. The minimum atomic E-state index is -0.852. The van der Waals surface area contributed by atoms with Crippen LogP contribution in [0.4, 0.5) is 22.9 Å².